The lowest BCUT2D eigenvalue weighted by molar-refractivity contribution is -0.139. The van der Waals surface area contributed by atoms with Gasteiger partial charge in [0, 0.05) is 24.4 Å². The van der Waals surface area contributed by atoms with Crippen LogP contribution in [-0.4, -0.2) is 36.9 Å². The van der Waals surface area contributed by atoms with Crippen molar-refractivity contribution in [2.24, 2.45) is 5.92 Å². The molecular weight excluding hydrogens is 268 g/mol. The van der Waals surface area contributed by atoms with E-state index in [1.54, 1.807) is 6.92 Å². The van der Waals surface area contributed by atoms with Gasteiger partial charge < -0.3 is 10.1 Å². The number of likely N-dealkylation sites (N-methyl/N-ethyl adjacent to an activating group) is 1. The van der Waals surface area contributed by atoms with E-state index in [-0.39, 0.29) is 23.8 Å². The van der Waals surface area contributed by atoms with E-state index in [4.69, 9.17) is 4.74 Å². The summed E-state index contributed by atoms with van der Waals surface area (Å²) in [4.78, 5) is 25.3. The summed E-state index contributed by atoms with van der Waals surface area (Å²) in [5.74, 6) is 0.388. The fourth-order valence-corrected chi connectivity index (χ4v) is 2.62. The lowest BCUT2D eigenvalue weighted by atomic mass is 10.1. The molecule has 0 saturated carbocycles. The van der Waals surface area contributed by atoms with Crippen LogP contribution in [0.15, 0.2) is 24.3 Å². The minimum atomic E-state index is -0.211. The van der Waals surface area contributed by atoms with Crippen molar-refractivity contribution in [3.63, 3.8) is 0 Å². The number of imide groups is 1. The Kier molecular flexibility index (Phi) is 4.96. The minimum Gasteiger partial charge on any atom is -0.494 e. The van der Waals surface area contributed by atoms with Gasteiger partial charge in [0.15, 0.2) is 0 Å². The zero-order valence-electron chi connectivity index (χ0n) is 12.8. The molecule has 2 atom stereocenters. The largest absolute Gasteiger partial charge is 0.494 e. The first kappa shape index (κ1) is 15.5. The predicted octanol–water partition coefficient (Wildman–Crippen LogP) is 1.74. The Labute approximate surface area is 125 Å². The van der Waals surface area contributed by atoms with Crippen LogP contribution < -0.4 is 10.1 Å². The van der Waals surface area contributed by atoms with Crippen LogP contribution in [0, 0.1) is 5.92 Å². The van der Waals surface area contributed by atoms with Crippen LogP contribution in [0.1, 0.15) is 31.9 Å². The van der Waals surface area contributed by atoms with Crippen LogP contribution in [0.3, 0.4) is 0 Å². The summed E-state index contributed by atoms with van der Waals surface area (Å²) >= 11 is 0. The van der Waals surface area contributed by atoms with Crippen LogP contribution >= 0.6 is 0 Å². The van der Waals surface area contributed by atoms with E-state index in [2.05, 4.69) is 5.32 Å². The Bertz CT molecular complexity index is 530. The summed E-state index contributed by atoms with van der Waals surface area (Å²) in [6.07, 6.45) is 0.308. The molecule has 0 aliphatic carbocycles. The summed E-state index contributed by atoms with van der Waals surface area (Å²) in [6, 6.07) is 7.57. The Morgan fingerprint density at radius 3 is 2.67 bits per heavy atom. The lowest BCUT2D eigenvalue weighted by Gasteiger charge is -2.24. The molecule has 21 heavy (non-hydrogen) atoms. The standard InChI is InChI=1S/C16H22N2O3/c1-4-21-14-8-6-5-7-12(14)13(17-3)10-18-15(19)9-11(2)16(18)20/h5-8,11,13,17H,4,9-10H2,1-3H3. The number of nitrogens with zero attached hydrogens (tertiary/aromatic N) is 1. The SMILES string of the molecule is CCOc1ccccc1C(CN1C(=O)CC(C)C1=O)NC. The van der Waals surface area contributed by atoms with E-state index >= 15 is 0 Å². The molecule has 2 unspecified atom stereocenters. The van der Waals surface area contributed by atoms with Crippen molar-refractivity contribution in [1.29, 1.82) is 0 Å². The van der Waals surface area contributed by atoms with Gasteiger partial charge in [0.25, 0.3) is 0 Å². The second-order valence-electron chi connectivity index (χ2n) is 5.26. The van der Waals surface area contributed by atoms with E-state index in [1.165, 1.54) is 4.90 Å². The van der Waals surface area contributed by atoms with Crippen LogP contribution in [0.25, 0.3) is 0 Å². The number of ether oxygens (including phenoxy) is 1. The van der Waals surface area contributed by atoms with Crippen molar-refractivity contribution in [3.05, 3.63) is 29.8 Å². The molecular formula is C16H22N2O3. The summed E-state index contributed by atoms with van der Waals surface area (Å²) in [5.41, 5.74) is 0.960. The van der Waals surface area contributed by atoms with Crippen molar-refractivity contribution < 1.29 is 14.3 Å². The zero-order valence-corrected chi connectivity index (χ0v) is 12.8. The monoisotopic (exact) mass is 290 g/mol. The highest BCUT2D eigenvalue weighted by Crippen LogP contribution is 2.28. The quantitative estimate of drug-likeness (QED) is 0.811. The molecule has 1 aromatic carbocycles. The second kappa shape index (κ2) is 6.72. The molecule has 0 bridgehead atoms. The molecule has 2 amide bonds. The van der Waals surface area contributed by atoms with Gasteiger partial charge in [-0.05, 0) is 20.0 Å². The first-order chi connectivity index (χ1) is 10.1. The number of hydrogen-bond donors (Lipinski definition) is 1. The Hall–Kier alpha value is -1.88. The van der Waals surface area contributed by atoms with Crippen molar-refractivity contribution in [1.82, 2.24) is 10.2 Å². The van der Waals surface area contributed by atoms with Gasteiger partial charge in [0.1, 0.15) is 5.75 Å². The van der Waals surface area contributed by atoms with Gasteiger partial charge in [-0.1, -0.05) is 25.1 Å². The maximum Gasteiger partial charge on any atom is 0.232 e. The topological polar surface area (TPSA) is 58.6 Å². The molecule has 5 nitrogen and oxygen atoms in total. The summed E-state index contributed by atoms with van der Waals surface area (Å²) in [6.45, 7) is 4.64. The maximum absolute atomic E-state index is 12.1. The van der Waals surface area contributed by atoms with Gasteiger partial charge in [-0.3, -0.25) is 14.5 Å². The molecule has 1 aliphatic rings. The third-order valence-electron chi connectivity index (χ3n) is 3.78. The fraction of sp³-hybridized carbons (Fsp3) is 0.500. The van der Waals surface area contributed by atoms with Crippen LogP contribution in [0.4, 0.5) is 0 Å². The third kappa shape index (κ3) is 3.24. The third-order valence-corrected chi connectivity index (χ3v) is 3.78. The fourth-order valence-electron chi connectivity index (χ4n) is 2.62. The van der Waals surface area contributed by atoms with Crippen LogP contribution in [0.2, 0.25) is 0 Å². The molecule has 0 aromatic heterocycles. The smallest absolute Gasteiger partial charge is 0.232 e. The second-order valence-corrected chi connectivity index (χ2v) is 5.26. The number of hydrogen-bond acceptors (Lipinski definition) is 4. The summed E-state index contributed by atoms with van der Waals surface area (Å²) in [7, 11) is 1.82. The molecule has 1 aromatic rings. The van der Waals surface area contributed by atoms with E-state index < -0.39 is 0 Å². The first-order valence-electron chi connectivity index (χ1n) is 7.31. The molecule has 1 saturated heterocycles. The Morgan fingerprint density at radius 1 is 1.38 bits per heavy atom. The van der Waals surface area contributed by atoms with Gasteiger partial charge in [0.2, 0.25) is 11.8 Å². The molecule has 1 N–H and O–H groups in total. The number of carbonyl (C=O) groups excluding carboxylic acids is 2. The molecule has 0 spiro atoms. The van der Waals surface area contributed by atoms with E-state index in [1.807, 2.05) is 38.2 Å². The molecule has 114 valence electrons. The van der Waals surface area contributed by atoms with Gasteiger partial charge in [-0.15, -0.1) is 0 Å². The molecule has 1 aliphatic heterocycles. The maximum atomic E-state index is 12.1. The highest BCUT2D eigenvalue weighted by molar-refractivity contribution is 6.03. The molecule has 1 heterocycles. The molecule has 2 rings (SSSR count). The molecule has 1 fully saturated rings. The minimum absolute atomic E-state index is 0.0888. The van der Waals surface area contributed by atoms with E-state index in [0.717, 1.165) is 11.3 Å². The van der Waals surface area contributed by atoms with Crippen molar-refractivity contribution in [3.8, 4) is 5.75 Å². The first-order valence-corrected chi connectivity index (χ1v) is 7.31. The van der Waals surface area contributed by atoms with E-state index in [0.29, 0.717) is 19.6 Å². The molecule has 5 heteroatoms. The number of nitrogens with one attached hydrogen (secondary N) is 1. The average Bonchev–Trinajstić information content (AvgIpc) is 2.71. The van der Waals surface area contributed by atoms with Gasteiger partial charge in [-0.25, -0.2) is 0 Å². The van der Waals surface area contributed by atoms with Gasteiger partial charge in [0.05, 0.1) is 12.6 Å². The molecule has 0 radical (unpaired) electrons. The normalized spacial score (nSPS) is 20.0. The van der Waals surface area contributed by atoms with Crippen molar-refractivity contribution >= 4 is 11.8 Å². The summed E-state index contributed by atoms with van der Waals surface area (Å²) < 4.78 is 5.63. The Morgan fingerprint density at radius 2 is 2.10 bits per heavy atom. The van der Waals surface area contributed by atoms with E-state index in [9.17, 15) is 9.59 Å². The highest BCUT2D eigenvalue weighted by Gasteiger charge is 2.37. The van der Waals surface area contributed by atoms with Crippen LogP contribution in [0.5, 0.6) is 5.75 Å². The van der Waals surface area contributed by atoms with Gasteiger partial charge in [-0.2, -0.15) is 0 Å². The number of benzene rings is 1. The van der Waals surface area contributed by atoms with Gasteiger partial charge >= 0.3 is 0 Å². The number of amides is 2. The van der Waals surface area contributed by atoms with Crippen molar-refractivity contribution in [2.75, 3.05) is 20.2 Å². The van der Waals surface area contributed by atoms with Crippen LogP contribution in [-0.2, 0) is 9.59 Å². The number of rotatable bonds is 6. The Balaban J connectivity index is 2.21. The van der Waals surface area contributed by atoms with Crippen molar-refractivity contribution in [2.45, 2.75) is 26.3 Å². The number of carbonyl (C=O) groups is 2. The zero-order chi connectivity index (χ0) is 15.4. The lowest BCUT2D eigenvalue weighted by Crippen LogP contribution is -2.38. The number of para-hydroxylation sites is 1. The number of likely N-dealkylation sites (tertiary alicyclic amines) is 1. The summed E-state index contributed by atoms with van der Waals surface area (Å²) in [5, 5.41) is 3.17. The average molecular weight is 290 g/mol. The highest BCUT2D eigenvalue weighted by atomic mass is 16.5. The predicted molar refractivity (Wildman–Crippen MR) is 79.9 cm³/mol.